The first-order valence-corrected chi connectivity index (χ1v) is 13.0. The molecule has 0 unspecified atom stereocenters. The van der Waals surface area contributed by atoms with Crippen molar-refractivity contribution in [1.82, 2.24) is 18.9 Å². The third-order valence-electron chi connectivity index (χ3n) is 6.77. The van der Waals surface area contributed by atoms with E-state index in [1.54, 1.807) is 17.6 Å². The highest BCUT2D eigenvalue weighted by Gasteiger charge is 2.34. The molecule has 190 valence electrons. The number of nitrogens with zero attached hydrogens (tertiary/aromatic N) is 5. The summed E-state index contributed by atoms with van der Waals surface area (Å²) in [6, 6.07) is 1.79. The number of hydrogen-bond acceptors (Lipinski definition) is 9. The predicted molar refractivity (Wildman–Crippen MR) is 135 cm³/mol. The van der Waals surface area contributed by atoms with Crippen LogP contribution in [0.1, 0.15) is 60.8 Å². The molecular formula is C25H29N5O5S. The van der Waals surface area contributed by atoms with Crippen LogP contribution in [0.3, 0.4) is 0 Å². The number of anilines is 1. The summed E-state index contributed by atoms with van der Waals surface area (Å²) in [4.78, 5) is 49.0. The number of carboxylic acid groups (broad SMARTS) is 1. The largest absolute Gasteiger partial charge is 0.477 e. The molecule has 2 aliphatic rings. The number of aromatic carboxylic acids is 1. The summed E-state index contributed by atoms with van der Waals surface area (Å²) in [6.45, 7) is 8.06. The smallest absolute Gasteiger partial charge is 0.341 e. The average molecular weight is 512 g/mol. The Kier molecular flexibility index (Phi) is 6.60. The molecule has 1 atom stereocenters. The van der Waals surface area contributed by atoms with E-state index in [9.17, 15) is 19.5 Å². The Hall–Kier alpha value is -3.18. The molecule has 1 N–H and O–H groups in total. The van der Waals surface area contributed by atoms with Gasteiger partial charge in [-0.1, -0.05) is 6.92 Å². The zero-order valence-electron chi connectivity index (χ0n) is 20.6. The van der Waals surface area contributed by atoms with Gasteiger partial charge in [-0.3, -0.25) is 14.2 Å². The number of Topliss-reactive ketones (excluding diaryl/α,β-unsaturated/α-hetero) is 1. The lowest BCUT2D eigenvalue weighted by Gasteiger charge is -2.39. The number of hydrogen-bond donors (Lipinski definition) is 1. The Bertz CT molecular complexity index is 1390. The highest BCUT2D eigenvalue weighted by molar-refractivity contribution is 7.08. The third kappa shape index (κ3) is 4.64. The minimum atomic E-state index is -1.30. The molecule has 3 aromatic heterocycles. The van der Waals surface area contributed by atoms with Crippen molar-refractivity contribution < 1.29 is 19.4 Å². The van der Waals surface area contributed by atoms with Crippen LogP contribution in [0.25, 0.3) is 16.2 Å². The molecule has 0 amide bonds. The fraction of sp³-hybridized carbons (Fsp3) is 0.520. The maximum Gasteiger partial charge on any atom is 0.341 e. The molecule has 1 aliphatic heterocycles. The first-order chi connectivity index (χ1) is 17.3. The van der Waals surface area contributed by atoms with Crippen LogP contribution in [0.4, 0.5) is 5.82 Å². The third-order valence-corrected chi connectivity index (χ3v) is 7.50. The summed E-state index contributed by atoms with van der Waals surface area (Å²) in [5, 5.41) is 10.4. The molecule has 2 fully saturated rings. The minimum absolute atomic E-state index is 0.0623. The van der Waals surface area contributed by atoms with E-state index in [1.165, 1.54) is 17.7 Å². The Morgan fingerprint density at radius 2 is 2.03 bits per heavy atom. The summed E-state index contributed by atoms with van der Waals surface area (Å²) >= 11 is 1.17. The molecular weight excluding hydrogens is 482 g/mol. The number of ketones is 1. The fourth-order valence-corrected chi connectivity index (χ4v) is 5.25. The molecule has 0 spiro atoms. The van der Waals surface area contributed by atoms with Crippen molar-refractivity contribution in [2.24, 2.45) is 11.8 Å². The van der Waals surface area contributed by atoms with Gasteiger partial charge in [0.1, 0.15) is 23.0 Å². The molecule has 36 heavy (non-hydrogen) atoms. The molecule has 4 heterocycles. The summed E-state index contributed by atoms with van der Waals surface area (Å²) in [6.07, 6.45) is 3.87. The standard InChI is InChI=1S/C25H29N5O5S/c1-4-35-12-13(2)7-18(31)16-9-29(10-16)19-8-14(3)20-21(32)17(24(33)34)11-30(23(20)26-19)25-27-22(28-36-25)15-5-6-15/h8,11,13,15-16H,4-7,9-10,12H2,1-3H3,(H,33,34)/t13-/m0/s1. The second kappa shape index (κ2) is 9.70. The van der Waals surface area contributed by atoms with E-state index >= 15 is 0 Å². The second-order valence-electron chi connectivity index (χ2n) is 9.79. The number of carbonyl (C=O) groups is 2. The van der Waals surface area contributed by atoms with Crippen LogP contribution in [0.15, 0.2) is 17.1 Å². The average Bonchev–Trinajstić information content (AvgIpc) is 3.53. The first kappa shape index (κ1) is 24.5. The zero-order valence-corrected chi connectivity index (χ0v) is 21.4. The molecule has 11 heteroatoms. The SMILES string of the molecule is CCOC[C@@H](C)CC(=O)C1CN(c2cc(C)c3c(=O)c(C(=O)O)cn(-c4nc(C5CC5)ns4)c3n2)C1. The van der Waals surface area contributed by atoms with Crippen LogP contribution in [0.5, 0.6) is 0 Å². The molecule has 0 aromatic carbocycles. The van der Waals surface area contributed by atoms with Crippen LogP contribution in [0.2, 0.25) is 0 Å². The van der Waals surface area contributed by atoms with Crippen LogP contribution in [-0.2, 0) is 9.53 Å². The lowest BCUT2D eigenvalue weighted by Crippen LogP contribution is -2.51. The Balaban J connectivity index is 1.46. The van der Waals surface area contributed by atoms with E-state index in [0.717, 1.165) is 18.7 Å². The number of aromatic nitrogens is 4. The van der Waals surface area contributed by atoms with Crippen molar-refractivity contribution in [3.63, 3.8) is 0 Å². The number of pyridine rings is 2. The maximum atomic E-state index is 13.0. The highest BCUT2D eigenvalue weighted by Crippen LogP contribution is 2.39. The van der Waals surface area contributed by atoms with Gasteiger partial charge in [-0.15, -0.1) is 0 Å². The van der Waals surface area contributed by atoms with E-state index in [0.29, 0.717) is 60.8 Å². The summed E-state index contributed by atoms with van der Waals surface area (Å²) < 4.78 is 11.4. The van der Waals surface area contributed by atoms with Gasteiger partial charge in [0.25, 0.3) is 0 Å². The number of rotatable bonds is 10. The molecule has 1 aliphatic carbocycles. The number of aryl methyl sites for hydroxylation is 1. The number of carbonyl (C=O) groups excluding carboxylic acids is 1. The Labute approximate surface area is 212 Å². The van der Waals surface area contributed by atoms with Crippen molar-refractivity contribution in [3.05, 3.63) is 39.4 Å². The van der Waals surface area contributed by atoms with Crippen LogP contribution in [-0.4, -0.2) is 62.1 Å². The van der Waals surface area contributed by atoms with Crippen molar-refractivity contribution >= 4 is 40.1 Å². The van der Waals surface area contributed by atoms with Crippen molar-refractivity contribution in [2.75, 3.05) is 31.2 Å². The van der Waals surface area contributed by atoms with Crippen LogP contribution >= 0.6 is 11.5 Å². The van der Waals surface area contributed by atoms with E-state index < -0.39 is 11.4 Å². The van der Waals surface area contributed by atoms with Crippen molar-refractivity contribution in [3.8, 4) is 5.13 Å². The molecule has 5 rings (SSSR count). The van der Waals surface area contributed by atoms with Gasteiger partial charge in [0.05, 0.1) is 11.3 Å². The lowest BCUT2D eigenvalue weighted by molar-refractivity contribution is -0.124. The fourth-order valence-electron chi connectivity index (χ4n) is 4.53. The minimum Gasteiger partial charge on any atom is -0.477 e. The Morgan fingerprint density at radius 1 is 1.28 bits per heavy atom. The topological polar surface area (TPSA) is 128 Å². The molecule has 3 aromatic rings. The van der Waals surface area contributed by atoms with Crippen LogP contribution < -0.4 is 10.3 Å². The van der Waals surface area contributed by atoms with Crippen molar-refractivity contribution in [2.45, 2.75) is 46.0 Å². The molecule has 0 radical (unpaired) electrons. The molecule has 10 nitrogen and oxygen atoms in total. The van der Waals surface area contributed by atoms with Gasteiger partial charge >= 0.3 is 5.97 Å². The number of carboxylic acids is 1. The lowest BCUT2D eigenvalue weighted by atomic mass is 9.89. The van der Waals surface area contributed by atoms with Crippen molar-refractivity contribution in [1.29, 1.82) is 0 Å². The van der Waals surface area contributed by atoms with E-state index in [4.69, 9.17) is 9.72 Å². The molecule has 1 saturated carbocycles. The quantitative estimate of drug-likeness (QED) is 0.436. The first-order valence-electron chi connectivity index (χ1n) is 12.3. The summed E-state index contributed by atoms with van der Waals surface area (Å²) in [5.74, 6) is 0.778. The van der Waals surface area contributed by atoms with Gasteiger partial charge in [-0.25, -0.2) is 14.8 Å². The summed E-state index contributed by atoms with van der Waals surface area (Å²) in [5.41, 5.74) is 0.0683. The maximum absolute atomic E-state index is 13.0. The van der Waals surface area contributed by atoms with Gasteiger partial charge in [0.2, 0.25) is 10.6 Å². The van der Waals surface area contributed by atoms with Gasteiger partial charge in [0.15, 0.2) is 5.65 Å². The predicted octanol–water partition coefficient (Wildman–Crippen LogP) is 3.19. The second-order valence-corrected chi connectivity index (χ2v) is 10.5. The molecule has 1 saturated heterocycles. The zero-order chi connectivity index (χ0) is 25.6. The van der Waals surface area contributed by atoms with E-state index in [-0.39, 0.29) is 28.6 Å². The van der Waals surface area contributed by atoms with Gasteiger partial charge in [0, 0.05) is 56.4 Å². The summed E-state index contributed by atoms with van der Waals surface area (Å²) in [7, 11) is 0. The van der Waals surface area contributed by atoms with E-state index in [1.807, 2.05) is 18.7 Å². The van der Waals surface area contributed by atoms with Gasteiger partial charge < -0.3 is 14.7 Å². The molecule has 0 bridgehead atoms. The Morgan fingerprint density at radius 3 is 2.69 bits per heavy atom. The highest BCUT2D eigenvalue weighted by atomic mass is 32.1. The van der Waals surface area contributed by atoms with Gasteiger partial charge in [-0.05, 0) is 44.2 Å². The normalized spacial score (nSPS) is 16.8. The van der Waals surface area contributed by atoms with Gasteiger partial charge in [-0.2, -0.15) is 4.37 Å². The number of fused-ring (bicyclic) bond motifs is 1. The monoisotopic (exact) mass is 511 g/mol. The van der Waals surface area contributed by atoms with Crippen LogP contribution in [0, 0.1) is 18.8 Å². The van der Waals surface area contributed by atoms with E-state index in [2.05, 4.69) is 9.36 Å². The number of ether oxygens (including phenoxy) is 1.